The van der Waals surface area contributed by atoms with Crippen molar-refractivity contribution < 1.29 is 13.9 Å². The second-order valence-electron chi connectivity index (χ2n) is 5.36. The fourth-order valence-corrected chi connectivity index (χ4v) is 3.24. The van der Waals surface area contributed by atoms with Gasteiger partial charge in [0.25, 0.3) is 0 Å². The first-order valence-electron chi connectivity index (χ1n) is 7.10. The monoisotopic (exact) mass is 375 g/mol. The normalized spacial score (nSPS) is 12.3. The van der Waals surface area contributed by atoms with Crippen LogP contribution < -0.4 is 4.74 Å². The van der Waals surface area contributed by atoms with Crippen molar-refractivity contribution in [2.24, 2.45) is 0 Å². The number of aromatic nitrogens is 1. The van der Waals surface area contributed by atoms with Crippen LogP contribution in [0.15, 0.2) is 42.6 Å². The third kappa shape index (κ3) is 2.88. The Morgan fingerprint density at radius 2 is 2.04 bits per heavy atom. The van der Waals surface area contributed by atoms with Gasteiger partial charge in [-0.25, -0.2) is 4.39 Å². The molecule has 0 spiro atoms. The molecule has 1 N–H and O–H groups in total. The first-order chi connectivity index (χ1) is 11.0. The fourth-order valence-electron chi connectivity index (χ4n) is 2.61. The van der Waals surface area contributed by atoms with E-state index in [4.69, 9.17) is 4.74 Å². The lowest BCUT2D eigenvalue weighted by Gasteiger charge is -2.13. The molecule has 5 heteroatoms. The van der Waals surface area contributed by atoms with Crippen molar-refractivity contribution >= 4 is 32.6 Å². The van der Waals surface area contributed by atoms with Gasteiger partial charge in [-0.3, -0.25) is 4.79 Å². The van der Waals surface area contributed by atoms with Gasteiger partial charge in [0, 0.05) is 34.3 Å². The average Bonchev–Trinajstić information content (AvgIpc) is 2.96. The van der Waals surface area contributed by atoms with Crippen molar-refractivity contribution in [3.8, 4) is 5.75 Å². The molecule has 2 aromatic carbocycles. The lowest BCUT2D eigenvalue weighted by Crippen LogP contribution is -2.08. The first kappa shape index (κ1) is 15.7. The number of H-pyrrole nitrogens is 1. The Bertz CT molecular complexity index is 888. The van der Waals surface area contributed by atoms with Crippen LogP contribution in [-0.4, -0.2) is 17.9 Å². The number of rotatable bonds is 4. The molecule has 1 heterocycles. The van der Waals surface area contributed by atoms with Gasteiger partial charge in [0.15, 0.2) is 5.78 Å². The number of aromatic amines is 1. The SMILES string of the molecule is COc1cc(F)ccc1C(Br)C(=O)c1c[nH]c2ccc(C)cc12. The van der Waals surface area contributed by atoms with E-state index in [1.54, 1.807) is 12.3 Å². The number of hydrogen-bond donors (Lipinski definition) is 1. The van der Waals surface area contributed by atoms with Crippen LogP contribution in [0.2, 0.25) is 0 Å². The summed E-state index contributed by atoms with van der Waals surface area (Å²) in [5.41, 5.74) is 3.18. The topological polar surface area (TPSA) is 42.1 Å². The number of hydrogen-bond acceptors (Lipinski definition) is 2. The second kappa shape index (κ2) is 6.16. The van der Waals surface area contributed by atoms with E-state index >= 15 is 0 Å². The predicted octanol–water partition coefficient (Wildman–Crippen LogP) is 4.94. The number of nitrogens with one attached hydrogen (secondary N) is 1. The van der Waals surface area contributed by atoms with Crippen LogP contribution in [0.1, 0.15) is 26.3 Å². The van der Waals surface area contributed by atoms with Crippen LogP contribution in [-0.2, 0) is 0 Å². The zero-order chi connectivity index (χ0) is 16.6. The van der Waals surface area contributed by atoms with E-state index in [1.807, 2.05) is 25.1 Å². The van der Waals surface area contributed by atoms with Gasteiger partial charge >= 0.3 is 0 Å². The van der Waals surface area contributed by atoms with E-state index in [9.17, 15) is 9.18 Å². The number of benzene rings is 2. The van der Waals surface area contributed by atoms with E-state index < -0.39 is 10.6 Å². The number of ketones is 1. The molecule has 1 aromatic heterocycles. The second-order valence-corrected chi connectivity index (χ2v) is 6.28. The maximum absolute atomic E-state index is 13.3. The Hall–Kier alpha value is -2.14. The van der Waals surface area contributed by atoms with Gasteiger partial charge in [-0.2, -0.15) is 0 Å². The first-order valence-corrected chi connectivity index (χ1v) is 8.02. The van der Waals surface area contributed by atoms with Gasteiger partial charge in [0.2, 0.25) is 0 Å². The molecule has 118 valence electrons. The lowest BCUT2D eigenvalue weighted by atomic mass is 10.0. The molecule has 3 rings (SSSR count). The number of methoxy groups -OCH3 is 1. The highest BCUT2D eigenvalue weighted by Gasteiger charge is 2.24. The highest BCUT2D eigenvalue weighted by molar-refractivity contribution is 9.09. The number of halogens is 2. The molecule has 0 aliphatic heterocycles. The molecule has 0 amide bonds. The molecule has 0 aliphatic rings. The molecular formula is C18H15BrFNO2. The van der Waals surface area contributed by atoms with Crippen molar-refractivity contribution in [3.63, 3.8) is 0 Å². The Morgan fingerprint density at radius 3 is 2.78 bits per heavy atom. The van der Waals surface area contributed by atoms with Crippen molar-refractivity contribution in [1.29, 1.82) is 0 Å². The van der Waals surface area contributed by atoms with Crippen molar-refractivity contribution in [2.45, 2.75) is 11.8 Å². The van der Waals surface area contributed by atoms with Gasteiger partial charge in [0.05, 0.1) is 7.11 Å². The summed E-state index contributed by atoms with van der Waals surface area (Å²) in [7, 11) is 1.46. The van der Waals surface area contributed by atoms with Gasteiger partial charge in [0.1, 0.15) is 16.4 Å². The molecule has 0 saturated carbocycles. The largest absolute Gasteiger partial charge is 0.496 e. The third-order valence-corrected chi connectivity index (χ3v) is 4.71. The zero-order valence-corrected chi connectivity index (χ0v) is 14.3. The standard InChI is InChI=1S/C18H15BrFNO2/c1-10-3-6-15-13(7-10)14(9-21-15)18(22)17(19)12-5-4-11(20)8-16(12)23-2/h3-9,17,21H,1-2H3. The Balaban J connectivity index is 2.03. The summed E-state index contributed by atoms with van der Waals surface area (Å²) in [5.74, 6) is -0.163. The molecule has 0 fully saturated rings. The number of aryl methyl sites for hydroxylation is 1. The highest BCUT2D eigenvalue weighted by Crippen LogP contribution is 2.35. The van der Waals surface area contributed by atoms with E-state index in [1.165, 1.54) is 19.2 Å². The summed E-state index contributed by atoms with van der Waals surface area (Å²) in [6, 6.07) is 10.1. The van der Waals surface area contributed by atoms with E-state index in [2.05, 4.69) is 20.9 Å². The summed E-state index contributed by atoms with van der Waals surface area (Å²) < 4.78 is 18.5. The third-order valence-electron chi connectivity index (χ3n) is 3.80. The number of ether oxygens (including phenoxy) is 1. The van der Waals surface area contributed by atoms with Crippen LogP contribution in [0.3, 0.4) is 0 Å². The van der Waals surface area contributed by atoms with E-state index in [0.717, 1.165) is 16.5 Å². The summed E-state index contributed by atoms with van der Waals surface area (Å²) in [6.07, 6.45) is 1.71. The molecule has 23 heavy (non-hydrogen) atoms. The van der Waals surface area contributed by atoms with Crippen molar-refractivity contribution in [1.82, 2.24) is 4.98 Å². The number of carbonyl (C=O) groups is 1. The molecule has 1 unspecified atom stereocenters. The minimum atomic E-state index is -0.613. The Morgan fingerprint density at radius 1 is 1.26 bits per heavy atom. The summed E-state index contributed by atoms with van der Waals surface area (Å²) >= 11 is 3.43. The zero-order valence-electron chi connectivity index (χ0n) is 12.7. The van der Waals surface area contributed by atoms with Crippen molar-refractivity contribution in [2.75, 3.05) is 7.11 Å². The van der Waals surface area contributed by atoms with Crippen LogP contribution in [0.4, 0.5) is 4.39 Å². The Kier molecular flexibility index (Phi) is 4.22. The van der Waals surface area contributed by atoms with E-state index in [-0.39, 0.29) is 5.78 Å². The van der Waals surface area contributed by atoms with Crippen LogP contribution in [0, 0.1) is 12.7 Å². The highest BCUT2D eigenvalue weighted by atomic mass is 79.9. The van der Waals surface area contributed by atoms with Gasteiger partial charge < -0.3 is 9.72 Å². The minimum absolute atomic E-state index is 0.105. The van der Waals surface area contributed by atoms with Crippen molar-refractivity contribution in [3.05, 3.63) is 65.1 Å². The van der Waals surface area contributed by atoms with Gasteiger partial charge in [-0.1, -0.05) is 33.6 Å². The van der Waals surface area contributed by atoms with Crippen LogP contribution >= 0.6 is 15.9 Å². The number of fused-ring (bicyclic) bond motifs is 1. The minimum Gasteiger partial charge on any atom is -0.496 e. The molecule has 0 saturated heterocycles. The van der Waals surface area contributed by atoms with Crippen LogP contribution in [0.25, 0.3) is 10.9 Å². The predicted molar refractivity (Wildman–Crippen MR) is 92.0 cm³/mol. The maximum Gasteiger partial charge on any atom is 0.183 e. The van der Waals surface area contributed by atoms with Gasteiger partial charge in [-0.15, -0.1) is 0 Å². The van der Waals surface area contributed by atoms with E-state index in [0.29, 0.717) is 16.9 Å². The molecule has 3 nitrogen and oxygen atoms in total. The summed E-state index contributed by atoms with van der Waals surface area (Å²) in [4.78, 5) is 15.4. The number of alkyl halides is 1. The fraction of sp³-hybridized carbons (Fsp3) is 0.167. The molecule has 1 atom stereocenters. The number of Topliss-reactive ketones (excluding diaryl/α,β-unsaturated/α-hetero) is 1. The molecule has 0 radical (unpaired) electrons. The summed E-state index contributed by atoms with van der Waals surface area (Å²) in [6.45, 7) is 1.98. The molecule has 3 aromatic rings. The quantitative estimate of drug-likeness (QED) is 0.518. The lowest BCUT2D eigenvalue weighted by molar-refractivity contribution is 0.0992. The van der Waals surface area contributed by atoms with Gasteiger partial charge in [-0.05, 0) is 25.1 Å². The smallest absolute Gasteiger partial charge is 0.183 e. The molecule has 0 bridgehead atoms. The maximum atomic E-state index is 13.3. The summed E-state index contributed by atoms with van der Waals surface area (Å²) in [5, 5.41) is 0.875. The number of carbonyl (C=O) groups excluding carboxylic acids is 1. The molecule has 0 aliphatic carbocycles. The van der Waals surface area contributed by atoms with Crippen LogP contribution in [0.5, 0.6) is 5.75 Å². The molecular weight excluding hydrogens is 361 g/mol. The Labute approximate surface area is 141 Å². The average molecular weight is 376 g/mol.